The molecule has 0 aromatic heterocycles. The Hall–Kier alpha value is -2.15. The molecule has 3 N–H and O–H groups in total. The number of hydrogen-bond acceptors (Lipinski definition) is 4. The highest BCUT2D eigenvalue weighted by molar-refractivity contribution is 9.10. The molecule has 0 aliphatic rings. The largest absolute Gasteiger partial charge is 0.393 e. The molecule has 0 saturated heterocycles. The first-order valence-electron chi connectivity index (χ1n) is 5.65. The summed E-state index contributed by atoms with van der Waals surface area (Å²) in [6.45, 7) is 1.76. The summed E-state index contributed by atoms with van der Waals surface area (Å²) in [5.41, 5.74) is 7.53. The molecule has 5 nitrogen and oxygen atoms in total. The smallest absolute Gasteiger partial charge is 0.292 e. The van der Waals surface area contributed by atoms with Gasteiger partial charge in [-0.05, 0) is 52.7 Å². The van der Waals surface area contributed by atoms with Crippen LogP contribution in [0.15, 0.2) is 34.8 Å². The number of hydrogen-bond donors (Lipinski definition) is 2. The minimum Gasteiger partial charge on any atom is -0.393 e. The molecule has 2 aromatic rings. The van der Waals surface area contributed by atoms with Crippen LogP contribution in [0.3, 0.4) is 0 Å². The third kappa shape index (κ3) is 2.88. The predicted molar refractivity (Wildman–Crippen MR) is 79.6 cm³/mol. The molecule has 0 unspecified atom stereocenters. The fourth-order valence-corrected chi connectivity index (χ4v) is 2.08. The van der Waals surface area contributed by atoms with Gasteiger partial charge in [0, 0.05) is 17.4 Å². The lowest BCUT2D eigenvalue weighted by Gasteiger charge is -2.11. The van der Waals surface area contributed by atoms with Crippen molar-refractivity contribution in [2.24, 2.45) is 0 Å². The van der Waals surface area contributed by atoms with E-state index in [1.807, 2.05) is 0 Å². The lowest BCUT2D eigenvalue weighted by atomic mass is 10.1. The van der Waals surface area contributed by atoms with Crippen molar-refractivity contribution in [1.29, 1.82) is 0 Å². The number of anilines is 3. The molecule has 0 spiro atoms. The molecule has 0 fully saturated rings. The zero-order valence-corrected chi connectivity index (χ0v) is 12.1. The molecular formula is C13H11BrFN3O2. The average molecular weight is 340 g/mol. The lowest BCUT2D eigenvalue weighted by molar-refractivity contribution is -0.383. The fourth-order valence-electron chi connectivity index (χ4n) is 1.73. The molecule has 0 aliphatic carbocycles. The monoisotopic (exact) mass is 339 g/mol. The highest BCUT2D eigenvalue weighted by Gasteiger charge is 2.12. The van der Waals surface area contributed by atoms with Crippen LogP contribution >= 0.6 is 15.9 Å². The number of benzene rings is 2. The molecule has 0 amide bonds. The zero-order valence-electron chi connectivity index (χ0n) is 10.5. The summed E-state index contributed by atoms with van der Waals surface area (Å²) < 4.78 is 13.7. The van der Waals surface area contributed by atoms with E-state index >= 15 is 0 Å². The van der Waals surface area contributed by atoms with Crippen molar-refractivity contribution in [2.75, 3.05) is 11.1 Å². The second-order valence-electron chi connectivity index (χ2n) is 4.24. The summed E-state index contributed by atoms with van der Waals surface area (Å²) in [7, 11) is 0. The van der Waals surface area contributed by atoms with Gasteiger partial charge < -0.3 is 11.1 Å². The Bertz CT molecular complexity index is 692. The maximum atomic E-state index is 13.3. The molecule has 0 heterocycles. The van der Waals surface area contributed by atoms with Crippen LogP contribution in [-0.2, 0) is 0 Å². The van der Waals surface area contributed by atoms with Gasteiger partial charge in [0.1, 0.15) is 11.5 Å². The Morgan fingerprint density at radius 1 is 1.35 bits per heavy atom. The van der Waals surface area contributed by atoms with E-state index in [9.17, 15) is 14.5 Å². The van der Waals surface area contributed by atoms with Crippen LogP contribution in [0.25, 0.3) is 0 Å². The number of nitrogens with one attached hydrogen (secondary N) is 1. The summed E-state index contributed by atoms with van der Waals surface area (Å²) in [5.74, 6) is -0.351. The van der Waals surface area contributed by atoms with Gasteiger partial charge in [0.2, 0.25) is 0 Å². The summed E-state index contributed by atoms with van der Waals surface area (Å²) in [6.07, 6.45) is 0. The van der Waals surface area contributed by atoms with Gasteiger partial charge in [-0.3, -0.25) is 10.1 Å². The van der Waals surface area contributed by atoms with Gasteiger partial charge in [-0.25, -0.2) is 4.39 Å². The van der Waals surface area contributed by atoms with Crippen molar-refractivity contribution in [3.8, 4) is 0 Å². The molecule has 104 valence electrons. The quantitative estimate of drug-likeness (QED) is 0.500. The van der Waals surface area contributed by atoms with E-state index in [2.05, 4.69) is 21.2 Å². The topological polar surface area (TPSA) is 81.2 Å². The molecule has 2 aromatic carbocycles. The lowest BCUT2D eigenvalue weighted by Crippen LogP contribution is -1.99. The average Bonchev–Trinajstić information content (AvgIpc) is 2.35. The zero-order chi connectivity index (χ0) is 14.9. The molecule has 0 bridgehead atoms. The van der Waals surface area contributed by atoms with Gasteiger partial charge in [-0.2, -0.15) is 0 Å². The molecule has 7 heteroatoms. The molecular weight excluding hydrogens is 329 g/mol. The first-order chi connectivity index (χ1) is 9.38. The Kier molecular flexibility index (Phi) is 3.89. The fraction of sp³-hybridized carbons (Fsp3) is 0.0769. The van der Waals surface area contributed by atoms with Crippen LogP contribution in [0.5, 0.6) is 0 Å². The normalized spacial score (nSPS) is 10.3. The molecule has 0 aliphatic heterocycles. The van der Waals surface area contributed by atoms with Crippen molar-refractivity contribution in [1.82, 2.24) is 0 Å². The van der Waals surface area contributed by atoms with E-state index in [1.54, 1.807) is 19.1 Å². The summed E-state index contributed by atoms with van der Waals surface area (Å²) >= 11 is 3.11. The van der Waals surface area contributed by atoms with Crippen molar-refractivity contribution in [2.45, 2.75) is 6.92 Å². The van der Waals surface area contributed by atoms with Gasteiger partial charge in [0.15, 0.2) is 0 Å². The molecule has 0 atom stereocenters. The maximum Gasteiger partial charge on any atom is 0.292 e. The summed E-state index contributed by atoms with van der Waals surface area (Å²) in [4.78, 5) is 10.1. The predicted octanol–water partition coefficient (Wildman–Crippen LogP) is 4.13. The number of aryl methyl sites for hydroxylation is 1. The van der Waals surface area contributed by atoms with Crippen LogP contribution in [0.2, 0.25) is 0 Å². The van der Waals surface area contributed by atoms with Gasteiger partial charge in [-0.15, -0.1) is 0 Å². The van der Waals surface area contributed by atoms with Gasteiger partial charge in [0.25, 0.3) is 5.69 Å². The Morgan fingerprint density at radius 2 is 2.05 bits per heavy atom. The second kappa shape index (κ2) is 5.46. The third-order valence-electron chi connectivity index (χ3n) is 2.77. The number of rotatable bonds is 3. The summed E-state index contributed by atoms with van der Waals surface area (Å²) in [5, 5.41) is 13.7. The van der Waals surface area contributed by atoms with Crippen LogP contribution in [-0.4, -0.2) is 4.92 Å². The minimum absolute atomic E-state index is 0.0684. The van der Waals surface area contributed by atoms with E-state index < -0.39 is 4.92 Å². The Balaban J connectivity index is 2.33. The number of halogens is 2. The van der Waals surface area contributed by atoms with Crippen molar-refractivity contribution >= 4 is 38.7 Å². The Labute approximate surface area is 122 Å². The maximum absolute atomic E-state index is 13.3. The molecule has 20 heavy (non-hydrogen) atoms. The SMILES string of the molecule is Cc1cc(F)c(Br)cc1Nc1ccc([N+](=O)[O-])c(N)c1. The standard InChI is InChI=1S/C13H11BrFN3O2/c1-7-4-10(15)9(14)6-12(7)17-8-2-3-13(18(19)20)11(16)5-8/h2-6,17H,16H2,1H3. The minimum atomic E-state index is -0.543. The van der Waals surface area contributed by atoms with Crippen LogP contribution in [0.1, 0.15) is 5.56 Å². The second-order valence-corrected chi connectivity index (χ2v) is 5.09. The van der Waals surface area contributed by atoms with Gasteiger partial charge >= 0.3 is 0 Å². The van der Waals surface area contributed by atoms with E-state index in [1.165, 1.54) is 18.2 Å². The summed E-state index contributed by atoms with van der Waals surface area (Å²) in [6, 6.07) is 7.33. The first kappa shape index (κ1) is 14.3. The van der Waals surface area contributed by atoms with E-state index in [-0.39, 0.29) is 17.2 Å². The van der Waals surface area contributed by atoms with E-state index in [0.29, 0.717) is 21.4 Å². The van der Waals surface area contributed by atoms with Crippen LogP contribution < -0.4 is 11.1 Å². The van der Waals surface area contributed by atoms with Crippen LogP contribution in [0, 0.1) is 22.9 Å². The van der Waals surface area contributed by atoms with Gasteiger partial charge in [0.05, 0.1) is 9.40 Å². The third-order valence-corrected chi connectivity index (χ3v) is 3.38. The molecule has 2 rings (SSSR count). The van der Waals surface area contributed by atoms with Crippen molar-refractivity contribution < 1.29 is 9.31 Å². The molecule has 0 radical (unpaired) electrons. The highest BCUT2D eigenvalue weighted by atomic mass is 79.9. The number of nitro benzene ring substituents is 1. The number of nitrogens with two attached hydrogens (primary N) is 1. The van der Waals surface area contributed by atoms with E-state index in [0.717, 1.165) is 0 Å². The number of nitrogens with zero attached hydrogens (tertiary/aromatic N) is 1. The van der Waals surface area contributed by atoms with Crippen molar-refractivity contribution in [3.05, 3.63) is 56.3 Å². The van der Waals surface area contributed by atoms with Crippen molar-refractivity contribution in [3.63, 3.8) is 0 Å². The Morgan fingerprint density at radius 3 is 2.65 bits per heavy atom. The highest BCUT2D eigenvalue weighted by Crippen LogP contribution is 2.30. The first-order valence-corrected chi connectivity index (χ1v) is 6.44. The van der Waals surface area contributed by atoms with E-state index in [4.69, 9.17) is 5.73 Å². The number of nitrogen functional groups attached to an aromatic ring is 1. The van der Waals surface area contributed by atoms with Gasteiger partial charge in [-0.1, -0.05) is 0 Å². The number of nitro groups is 1. The van der Waals surface area contributed by atoms with Crippen LogP contribution in [0.4, 0.5) is 27.1 Å². The molecule has 0 saturated carbocycles.